The molecule has 0 aromatic heterocycles. The minimum Gasteiger partial charge on any atom is -0.340 e. The fourth-order valence-corrected chi connectivity index (χ4v) is 4.98. The number of aryl methyl sites for hydroxylation is 1. The predicted octanol–water partition coefficient (Wildman–Crippen LogP) is 3.08. The van der Waals surface area contributed by atoms with E-state index in [0.29, 0.717) is 17.7 Å². The maximum Gasteiger partial charge on any atom is 0.226 e. The van der Waals surface area contributed by atoms with Crippen molar-refractivity contribution < 1.29 is 4.79 Å². The number of piperazine rings is 1. The van der Waals surface area contributed by atoms with Crippen molar-refractivity contribution in [1.82, 2.24) is 9.80 Å². The van der Waals surface area contributed by atoms with Crippen molar-refractivity contribution >= 4 is 5.91 Å². The van der Waals surface area contributed by atoms with Crippen LogP contribution < -0.4 is 0 Å². The summed E-state index contributed by atoms with van der Waals surface area (Å²) in [5, 5.41) is 0. The van der Waals surface area contributed by atoms with Crippen LogP contribution in [0.4, 0.5) is 0 Å². The van der Waals surface area contributed by atoms with E-state index in [-0.39, 0.29) is 0 Å². The molecule has 4 rings (SSSR count). The lowest BCUT2D eigenvalue weighted by molar-refractivity contribution is -0.139. The van der Waals surface area contributed by atoms with E-state index >= 15 is 0 Å². The number of fused-ring (bicyclic) bond motifs is 2. The van der Waals surface area contributed by atoms with Crippen molar-refractivity contribution in [2.45, 2.75) is 39.2 Å². The van der Waals surface area contributed by atoms with Gasteiger partial charge in [0, 0.05) is 38.6 Å². The topological polar surface area (TPSA) is 23.6 Å². The smallest absolute Gasteiger partial charge is 0.226 e. The molecule has 2 bridgehead atoms. The second kappa shape index (κ2) is 6.27. The third-order valence-corrected chi connectivity index (χ3v) is 6.23. The number of carbonyl (C=O) groups excluding carboxylic acids is 1. The fourth-order valence-electron chi connectivity index (χ4n) is 4.98. The molecule has 3 heteroatoms. The molecule has 23 heavy (non-hydrogen) atoms. The number of nitrogens with zero attached hydrogens (tertiary/aromatic N) is 2. The Balaban J connectivity index is 1.30. The molecule has 2 aliphatic carbocycles. The molecule has 1 aromatic carbocycles. The van der Waals surface area contributed by atoms with Crippen LogP contribution in [0, 0.1) is 24.7 Å². The molecular weight excluding hydrogens is 284 g/mol. The van der Waals surface area contributed by atoms with E-state index in [4.69, 9.17) is 0 Å². The van der Waals surface area contributed by atoms with Crippen molar-refractivity contribution in [3.63, 3.8) is 0 Å². The summed E-state index contributed by atoms with van der Waals surface area (Å²) in [7, 11) is 0. The Morgan fingerprint density at radius 1 is 1.13 bits per heavy atom. The number of amides is 1. The van der Waals surface area contributed by atoms with E-state index in [0.717, 1.165) is 38.6 Å². The maximum absolute atomic E-state index is 12.8. The van der Waals surface area contributed by atoms with E-state index in [9.17, 15) is 4.79 Å². The van der Waals surface area contributed by atoms with E-state index in [1.807, 2.05) is 0 Å². The van der Waals surface area contributed by atoms with Crippen molar-refractivity contribution in [1.29, 1.82) is 0 Å². The zero-order chi connectivity index (χ0) is 15.8. The highest BCUT2D eigenvalue weighted by Crippen LogP contribution is 2.48. The lowest BCUT2D eigenvalue weighted by Gasteiger charge is -2.37. The van der Waals surface area contributed by atoms with E-state index < -0.39 is 0 Å². The van der Waals surface area contributed by atoms with Gasteiger partial charge in [-0.3, -0.25) is 9.69 Å². The minimum absolute atomic E-state index is 0.358. The minimum atomic E-state index is 0.358. The second-order valence-electron chi connectivity index (χ2n) is 7.87. The maximum atomic E-state index is 12.8. The van der Waals surface area contributed by atoms with Gasteiger partial charge in [-0.15, -0.1) is 0 Å². The third-order valence-electron chi connectivity index (χ3n) is 6.23. The molecule has 3 unspecified atom stereocenters. The van der Waals surface area contributed by atoms with Crippen LogP contribution in [0.3, 0.4) is 0 Å². The Kier molecular flexibility index (Phi) is 4.14. The first-order chi connectivity index (χ1) is 11.2. The molecule has 1 aromatic rings. The van der Waals surface area contributed by atoms with Crippen LogP contribution in [0.2, 0.25) is 0 Å². The Labute approximate surface area is 139 Å². The molecule has 124 valence electrons. The van der Waals surface area contributed by atoms with Crippen molar-refractivity contribution in [2.75, 3.05) is 26.2 Å². The number of rotatable bonds is 3. The standard InChI is InChI=1S/C20H28N2O/c1-15-3-2-4-17(11-15)14-21-7-9-22(10-8-21)20(23)19-13-16-5-6-18(19)12-16/h2-4,11,16,18-19H,5-10,12-14H2,1H3. The molecule has 3 fully saturated rings. The summed E-state index contributed by atoms with van der Waals surface area (Å²) >= 11 is 0. The molecule has 2 saturated carbocycles. The van der Waals surface area contributed by atoms with Crippen LogP contribution in [0.1, 0.15) is 36.8 Å². The lowest BCUT2D eigenvalue weighted by atomic mass is 9.87. The van der Waals surface area contributed by atoms with Crippen LogP contribution in [-0.2, 0) is 11.3 Å². The highest BCUT2D eigenvalue weighted by Gasteiger charge is 2.44. The van der Waals surface area contributed by atoms with Gasteiger partial charge in [0.05, 0.1) is 0 Å². The molecule has 0 spiro atoms. The molecule has 3 aliphatic rings. The Bertz CT molecular complexity index is 577. The molecule has 1 aliphatic heterocycles. The van der Waals surface area contributed by atoms with Gasteiger partial charge in [0.2, 0.25) is 5.91 Å². The largest absolute Gasteiger partial charge is 0.340 e. The van der Waals surface area contributed by atoms with E-state index in [1.54, 1.807) is 0 Å². The molecular formula is C20H28N2O. The SMILES string of the molecule is Cc1cccc(CN2CCN(C(=O)C3CC4CCC3C4)CC2)c1. The van der Waals surface area contributed by atoms with Crippen LogP contribution in [0.15, 0.2) is 24.3 Å². The predicted molar refractivity (Wildman–Crippen MR) is 92.0 cm³/mol. The third kappa shape index (κ3) is 3.16. The van der Waals surface area contributed by atoms with Gasteiger partial charge in [-0.1, -0.05) is 36.2 Å². The van der Waals surface area contributed by atoms with Crippen LogP contribution >= 0.6 is 0 Å². The van der Waals surface area contributed by atoms with Gasteiger partial charge in [-0.05, 0) is 43.6 Å². The Morgan fingerprint density at radius 2 is 1.96 bits per heavy atom. The van der Waals surface area contributed by atoms with E-state index in [1.165, 1.54) is 36.8 Å². The summed E-state index contributed by atoms with van der Waals surface area (Å²) in [4.78, 5) is 17.4. The number of hydrogen-bond acceptors (Lipinski definition) is 2. The lowest BCUT2D eigenvalue weighted by Crippen LogP contribution is -2.50. The first kappa shape index (κ1) is 15.2. The summed E-state index contributed by atoms with van der Waals surface area (Å²) < 4.78 is 0. The molecule has 3 atom stereocenters. The average Bonchev–Trinajstić information content (AvgIpc) is 3.18. The molecule has 0 radical (unpaired) electrons. The zero-order valence-electron chi connectivity index (χ0n) is 14.2. The van der Waals surface area contributed by atoms with Crippen LogP contribution in [0.5, 0.6) is 0 Å². The first-order valence-corrected chi connectivity index (χ1v) is 9.26. The highest BCUT2D eigenvalue weighted by molar-refractivity contribution is 5.79. The second-order valence-corrected chi connectivity index (χ2v) is 7.87. The number of carbonyl (C=O) groups is 1. The molecule has 1 amide bonds. The quantitative estimate of drug-likeness (QED) is 0.856. The molecule has 3 nitrogen and oxygen atoms in total. The van der Waals surface area contributed by atoms with Gasteiger partial charge in [-0.2, -0.15) is 0 Å². The molecule has 1 saturated heterocycles. The summed E-state index contributed by atoms with van der Waals surface area (Å²) in [5.74, 6) is 2.39. The monoisotopic (exact) mass is 312 g/mol. The summed E-state index contributed by atoms with van der Waals surface area (Å²) in [6.45, 7) is 7.02. The average molecular weight is 312 g/mol. The van der Waals surface area contributed by atoms with Crippen LogP contribution in [0.25, 0.3) is 0 Å². The highest BCUT2D eigenvalue weighted by atomic mass is 16.2. The van der Waals surface area contributed by atoms with Gasteiger partial charge in [0.15, 0.2) is 0 Å². The normalized spacial score (nSPS) is 30.8. The number of benzene rings is 1. The summed E-state index contributed by atoms with van der Waals surface area (Å²) in [6, 6.07) is 8.77. The molecule has 1 heterocycles. The van der Waals surface area contributed by atoms with Gasteiger partial charge >= 0.3 is 0 Å². The van der Waals surface area contributed by atoms with E-state index in [2.05, 4.69) is 41.0 Å². The van der Waals surface area contributed by atoms with Crippen molar-refractivity contribution in [3.8, 4) is 0 Å². The van der Waals surface area contributed by atoms with Crippen LogP contribution in [-0.4, -0.2) is 41.9 Å². The zero-order valence-corrected chi connectivity index (χ0v) is 14.2. The fraction of sp³-hybridized carbons (Fsp3) is 0.650. The Morgan fingerprint density at radius 3 is 2.61 bits per heavy atom. The van der Waals surface area contributed by atoms with Gasteiger partial charge in [0.1, 0.15) is 0 Å². The molecule has 0 N–H and O–H groups in total. The van der Waals surface area contributed by atoms with Crippen molar-refractivity contribution in [3.05, 3.63) is 35.4 Å². The summed E-state index contributed by atoms with van der Waals surface area (Å²) in [6.07, 6.45) is 5.17. The van der Waals surface area contributed by atoms with Crippen molar-refractivity contribution in [2.24, 2.45) is 17.8 Å². The summed E-state index contributed by atoms with van der Waals surface area (Å²) in [5.41, 5.74) is 2.71. The van der Waals surface area contributed by atoms with Gasteiger partial charge < -0.3 is 4.90 Å². The Hall–Kier alpha value is -1.35. The number of hydrogen-bond donors (Lipinski definition) is 0. The first-order valence-electron chi connectivity index (χ1n) is 9.26. The van der Waals surface area contributed by atoms with Gasteiger partial charge in [0.25, 0.3) is 0 Å². The van der Waals surface area contributed by atoms with Gasteiger partial charge in [-0.25, -0.2) is 0 Å².